The Morgan fingerprint density at radius 3 is 2.69 bits per heavy atom. The molecular weight excluding hydrogens is 439 g/mol. The van der Waals surface area contributed by atoms with Crippen molar-refractivity contribution in [1.29, 1.82) is 0 Å². The number of hydrogen-bond donors (Lipinski definition) is 1. The van der Waals surface area contributed by atoms with Crippen molar-refractivity contribution in [2.45, 2.75) is 19.8 Å². The van der Waals surface area contributed by atoms with Crippen molar-refractivity contribution in [2.24, 2.45) is 10.9 Å². The number of pyridine rings is 1. The van der Waals surface area contributed by atoms with Crippen molar-refractivity contribution >= 4 is 35.8 Å². The normalized spacial score (nSPS) is 22.1. The fraction of sp³-hybridized carbons (Fsp3) is 0.684. The van der Waals surface area contributed by atoms with Gasteiger partial charge in [0, 0.05) is 52.0 Å². The number of aliphatic imine (C=N–C) groups is 1. The molecule has 0 aliphatic carbocycles. The Morgan fingerprint density at radius 1 is 1.23 bits per heavy atom. The third-order valence-electron chi connectivity index (χ3n) is 5.11. The number of aromatic nitrogens is 1. The second kappa shape index (κ2) is 10.9. The second-order valence-corrected chi connectivity index (χ2v) is 7.13. The van der Waals surface area contributed by atoms with E-state index in [2.05, 4.69) is 51.1 Å². The van der Waals surface area contributed by atoms with Crippen LogP contribution in [0.1, 0.15) is 19.8 Å². The van der Waals surface area contributed by atoms with Gasteiger partial charge in [0.2, 0.25) is 0 Å². The average Bonchev–Trinajstić information content (AvgIpc) is 2.66. The van der Waals surface area contributed by atoms with E-state index in [0.717, 1.165) is 51.0 Å². The van der Waals surface area contributed by atoms with E-state index in [4.69, 9.17) is 4.99 Å². The monoisotopic (exact) mass is 472 g/mol. The second-order valence-electron chi connectivity index (χ2n) is 7.13. The maximum absolute atomic E-state index is 4.96. The summed E-state index contributed by atoms with van der Waals surface area (Å²) in [5.74, 6) is 2.85. The zero-order chi connectivity index (χ0) is 17.5. The topological polar surface area (TPSA) is 47.0 Å². The lowest BCUT2D eigenvalue weighted by atomic mass is 9.99. The van der Waals surface area contributed by atoms with Gasteiger partial charge in [-0.25, -0.2) is 4.98 Å². The van der Waals surface area contributed by atoms with Crippen LogP contribution in [-0.4, -0.2) is 80.1 Å². The molecule has 2 saturated heterocycles. The van der Waals surface area contributed by atoms with Gasteiger partial charge in [-0.15, -0.1) is 24.0 Å². The van der Waals surface area contributed by atoms with Crippen LogP contribution in [0.25, 0.3) is 0 Å². The fourth-order valence-electron chi connectivity index (χ4n) is 3.75. The Balaban J connectivity index is 0.00000243. The molecule has 1 unspecified atom stereocenters. The molecule has 0 radical (unpaired) electrons. The third kappa shape index (κ3) is 5.97. The molecule has 2 aliphatic heterocycles. The van der Waals surface area contributed by atoms with E-state index in [0.29, 0.717) is 5.92 Å². The smallest absolute Gasteiger partial charge is 0.194 e. The number of nitrogens with one attached hydrogen (secondary N) is 1. The van der Waals surface area contributed by atoms with Crippen molar-refractivity contribution in [3.05, 3.63) is 24.4 Å². The van der Waals surface area contributed by atoms with Crippen LogP contribution in [0.4, 0.5) is 5.82 Å². The number of anilines is 1. The van der Waals surface area contributed by atoms with Gasteiger partial charge in [-0.05, 0) is 51.4 Å². The third-order valence-corrected chi connectivity index (χ3v) is 5.11. The first kappa shape index (κ1) is 21.2. The average molecular weight is 472 g/mol. The molecule has 1 N–H and O–H groups in total. The summed E-state index contributed by atoms with van der Waals surface area (Å²) in [6, 6.07) is 6.12. The number of guanidine groups is 1. The van der Waals surface area contributed by atoms with Gasteiger partial charge in [0.05, 0.1) is 0 Å². The van der Waals surface area contributed by atoms with Crippen LogP contribution in [0.5, 0.6) is 0 Å². The van der Waals surface area contributed by atoms with Gasteiger partial charge in [-0.2, -0.15) is 0 Å². The minimum absolute atomic E-state index is 0. The van der Waals surface area contributed by atoms with Crippen LogP contribution in [-0.2, 0) is 0 Å². The van der Waals surface area contributed by atoms with Crippen molar-refractivity contribution in [2.75, 3.05) is 64.3 Å². The summed E-state index contributed by atoms with van der Waals surface area (Å²) in [7, 11) is 2.22. The van der Waals surface area contributed by atoms with Crippen molar-refractivity contribution in [1.82, 2.24) is 20.1 Å². The number of hydrogen-bond acceptors (Lipinski definition) is 4. The first-order valence-electron chi connectivity index (χ1n) is 9.64. The summed E-state index contributed by atoms with van der Waals surface area (Å²) in [5, 5.41) is 3.49. The molecule has 0 saturated carbocycles. The molecule has 146 valence electrons. The summed E-state index contributed by atoms with van der Waals surface area (Å²) in [4.78, 5) is 16.6. The lowest BCUT2D eigenvalue weighted by molar-refractivity contribution is 0.214. The van der Waals surface area contributed by atoms with Crippen LogP contribution < -0.4 is 10.2 Å². The number of rotatable bonds is 4. The highest BCUT2D eigenvalue weighted by Gasteiger charge is 2.21. The minimum Gasteiger partial charge on any atom is -0.357 e. The molecule has 1 aromatic rings. The Labute approximate surface area is 175 Å². The Kier molecular flexibility index (Phi) is 8.90. The molecule has 1 aromatic heterocycles. The highest BCUT2D eigenvalue weighted by Crippen LogP contribution is 2.16. The quantitative estimate of drug-likeness (QED) is 0.414. The van der Waals surface area contributed by atoms with Gasteiger partial charge in [-0.3, -0.25) is 4.99 Å². The van der Waals surface area contributed by atoms with Crippen molar-refractivity contribution < 1.29 is 0 Å². The highest BCUT2D eigenvalue weighted by atomic mass is 127. The van der Waals surface area contributed by atoms with E-state index in [-0.39, 0.29) is 24.0 Å². The van der Waals surface area contributed by atoms with E-state index >= 15 is 0 Å². The first-order chi connectivity index (χ1) is 12.3. The van der Waals surface area contributed by atoms with Gasteiger partial charge in [0.25, 0.3) is 0 Å². The molecule has 2 fully saturated rings. The molecule has 7 heteroatoms. The maximum atomic E-state index is 4.96. The predicted molar refractivity (Wildman–Crippen MR) is 120 cm³/mol. The standard InChI is InChI=1S/C19H32N6.HI/c1-3-20-19(22-15-17-7-6-10-23(2)16-17)25-13-11-24(12-14-25)18-8-4-5-9-21-18;/h4-5,8-9,17H,3,6-7,10-16H2,1-2H3,(H,20,22);1H. The zero-order valence-corrected chi connectivity index (χ0v) is 18.4. The minimum atomic E-state index is 0. The molecule has 0 aromatic carbocycles. The van der Waals surface area contributed by atoms with Gasteiger partial charge < -0.3 is 20.0 Å². The van der Waals surface area contributed by atoms with Crippen LogP contribution >= 0.6 is 24.0 Å². The van der Waals surface area contributed by atoms with Gasteiger partial charge in [0.15, 0.2) is 5.96 Å². The van der Waals surface area contributed by atoms with E-state index in [1.54, 1.807) is 0 Å². The fourth-order valence-corrected chi connectivity index (χ4v) is 3.75. The number of halogens is 1. The molecule has 6 nitrogen and oxygen atoms in total. The van der Waals surface area contributed by atoms with Crippen LogP contribution in [0.2, 0.25) is 0 Å². The lowest BCUT2D eigenvalue weighted by Crippen LogP contribution is -2.53. The van der Waals surface area contributed by atoms with Crippen LogP contribution in [0.15, 0.2) is 29.4 Å². The van der Waals surface area contributed by atoms with Crippen LogP contribution in [0.3, 0.4) is 0 Å². The molecule has 0 spiro atoms. The van der Waals surface area contributed by atoms with E-state index in [9.17, 15) is 0 Å². The summed E-state index contributed by atoms with van der Waals surface area (Å²) < 4.78 is 0. The number of piperazine rings is 1. The van der Waals surface area contributed by atoms with E-state index in [1.165, 1.54) is 25.9 Å². The molecule has 3 heterocycles. The summed E-state index contributed by atoms with van der Waals surface area (Å²) in [6.07, 6.45) is 4.48. The van der Waals surface area contributed by atoms with Crippen LogP contribution in [0, 0.1) is 5.92 Å². The lowest BCUT2D eigenvalue weighted by Gasteiger charge is -2.37. The molecular formula is C19H33IN6. The van der Waals surface area contributed by atoms with Crippen molar-refractivity contribution in [3.63, 3.8) is 0 Å². The molecule has 0 bridgehead atoms. The maximum Gasteiger partial charge on any atom is 0.194 e. The predicted octanol–water partition coefficient (Wildman–Crippen LogP) is 2.13. The van der Waals surface area contributed by atoms with Gasteiger partial charge in [0.1, 0.15) is 5.82 Å². The number of piperidine rings is 1. The molecule has 26 heavy (non-hydrogen) atoms. The zero-order valence-electron chi connectivity index (χ0n) is 16.1. The molecule has 2 aliphatic rings. The SMILES string of the molecule is CCNC(=NCC1CCCN(C)C1)N1CCN(c2ccccn2)CC1.I. The Hall–Kier alpha value is -1.09. The largest absolute Gasteiger partial charge is 0.357 e. The van der Waals surface area contributed by atoms with Crippen molar-refractivity contribution in [3.8, 4) is 0 Å². The number of nitrogens with zero attached hydrogens (tertiary/aromatic N) is 5. The molecule has 0 amide bonds. The molecule has 1 atom stereocenters. The number of likely N-dealkylation sites (tertiary alicyclic amines) is 1. The first-order valence-corrected chi connectivity index (χ1v) is 9.64. The summed E-state index contributed by atoms with van der Waals surface area (Å²) in [6.45, 7) is 10.4. The van der Waals surface area contributed by atoms with Gasteiger partial charge >= 0.3 is 0 Å². The van der Waals surface area contributed by atoms with Gasteiger partial charge in [-0.1, -0.05) is 6.07 Å². The Morgan fingerprint density at radius 2 is 2.04 bits per heavy atom. The Bertz CT molecular complexity index is 544. The summed E-state index contributed by atoms with van der Waals surface area (Å²) in [5.41, 5.74) is 0. The summed E-state index contributed by atoms with van der Waals surface area (Å²) >= 11 is 0. The van der Waals surface area contributed by atoms with E-state index < -0.39 is 0 Å². The van der Waals surface area contributed by atoms with E-state index in [1.807, 2.05) is 12.3 Å². The molecule has 3 rings (SSSR count). The highest BCUT2D eigenvalue weighted by molar-refractivity contribution is 14.0.